The Bertz CT molecular complexity index is 519. The Labute approximate surface area is 114 Å². The third-order valence-electron chi connectivity index (χ3n) is 2.19. The molecule has 1 N–H and O–H groups in total. The van der Waals surface area contributed by atoms with Gasteiger partial charge in [0, 0.05) is 6.92 Å². The number of rotatable bonds is 6. The molecule has 1 atom stereocenters. The molecule has 0 aliphatic carbocycles. The molecule has 0 bridgehead atoms. The summed E-state index contributed by atoms with van der Waals surface area (Å²) in [5, 5.41) is 13.1. The molecule has 0 spiro atoms. The molecular weight excluding hydrogens is 270 g/mol. The fourth-order valence-electron chi connectivity index (χ4n) is 1.36. The van der Waals surface area contributed by atoms with Crippen molar-refractivity contribution in [2.75, 3.05) is 13.7 Å². The molecule has 0 aliphatic rings. The molecule has 1 amide bonds. The minimum Gasteiger partial charge on any atom is -0.483 e. The van der Waals surface area contributed by atoms with E-state index in [4.69, 9.17) is 4.74 Å². The fourth-order valence-corrected chi connectivity index (χ4v) is 1.36. The summed E-state index contributed by atoms with van der Waals surface area (Å²) in [5.74, 6) is -1.74. The minimum absolute atomic E-state index is 0.100. The first-order chi connectivity index (χ1) is 9.45. The maximum atomic E-state index is 11.4. The average Bonchev–Trinajstić information content (AvgIpc) is 2.42. The predicted molar refractivity (Wildman–Crippen MR) is 66.0 cm³/mol. The molecule has 0 saturated carbocycles. The van der Waals surface area contributed by atoms with Gasteiger partial charge in [0.25, 0.3) is 0 Å². The Kier molecular flexibility index (Phi) is 5.39. The predicted octanol–water partition coefficient (Wildman–Crippen LogP) is 0.0463. The Morgan fingerprint density at radius 3 is 2.80 bits per heavy atom. The van der Waals surface area contributed by atoms with Crippen molar-refractivity contribution in [3.8, 4) is 5.75 Å². The van der Waals surface area contributed by atoms with Crippen molar-refractivity contribution in [3.63, 3.8) is 0 Å². The summed E-state index contributed by atoms with van der Waals surface area (Å²) in [7, 11) is 1.16. The molecule has 108 valence electrons. The van der Waals surface area contributed by atoms with E-state index in [1.54, 1.807) is 0 Å². The second-order valence-corrected chi connectivity index (χ2v) is 3.67. The molecule has 0 saturated heterocycles. The van der Waals surface area contributed by atoms with Crippen LogP contribution < -0.4 is 10.1 Å². The number of carbonyl (C=O) groups excluding carboxylic acids is 2. The summed E-state index contributed by atoms with van der Waals surface area (Å²) in [5.41, 5.74) is 0. The van der Waals surface area contributed by atoms with E-state index >= 15 is 0 Å². The molecule has 1 heterocycles. The van der Waals surface area contributed by atoms with Crippen LogP contribution in [-0.2, 0) is 14.3 Å². The van der Waals surface area contributed by atoms with Crippen LogP contribution in [-0.4, -0.2) is 41.5 Å². The highest BCUT2D eigenvalue weighted by atomic mass is 16.6. The van der Waals surface area contributed by atoms with Crippen molar-refractivity contribution in [3.05, 3.63) is 28.4 Å². The number of ether oxygens (including phenoxy) is 2. The zero-order valence-electron chi connectivity index (χ0n) is 10.9. The van der Waals surface area contributed by atoms with Gasteiger partial charge in [-0.3, -0.25) is 4.79 Å². The summed E-state index contributed by atoms with van der Waals surface area (Å²) in [6.45, 7) is 0.918. The number of esters is 1. The van der Waals surface area contributed by atoms with E-state index in [1.807, 2.05) is 0 Å². The van der Waals surface area contributed by atoms with Crippen LogP contribution in [0.4, 0.5) is 5.82 Å². The van der Waals surface area contributed by atoms with Gasteiger partial charge in [-0.2, -0.15) is 0 Å². The number of carbonyl (C=O) groups is 2. The summed E-state index contributed by atoms with van der Waals surface area (Å²) >= 11 is 0. The van der Waals surface area contributed by atoms with Crippen molar-refractivity contribution >= 4 is 17.7 Å². The van der Waals surface area contributed by atoms with Crippen molar-refractivity contribution in [2.24, 2.45) is 0 Å². The number of hydrogen-bond donors (Lipinski definition) is 1. The van der Waals surface area contributed by atoms with Crippen LogP contribution in [0.25, 0.3) is 0 Å². The van der Waals surface area contributed by atoms with Crippen molar-refractivity contribution in [1.29, 1.82) is 0 Å². The average molecular weight is 283 g/mol. The second-order valence-electron chi connectivity index (χ2n) is 3.67. The maximum Gasteiger partial charge on any atom is 0.406 e. The second kappa shape index (κ2) is 7.02. The highest BCUT2D eigenvalue weighted by Gasteiger charge is 2.23. The van der Waals surface area contributed by atoms with Gasteiger partial charge in [-0.05, 0) is 22.0 Å². The van der Waals surface area contributed by atoms with Gasteiger partial charge in [0.2, 0.25) is 11.7 Å². The number of nitro groups is 1. The smallest absolute Gasteiger partial charge is 0.406 e. The first-order valence-corrected chi connectivity index (χ1v) is 5.52. The molecular formula is C11H13N3O6. The van der Waals surface area contributed by atoms with Crippen LogP contribution in [0.1, 0.15) is 6.92 Å². The number of aromatic nitrogens is 1. The monoisotopic (exact) mass is 283 g/mol. The zero-order chi connectivity index (χ0) is 15.1. The van der Waals surface area contributed by atoms with E-state index in [9.17, 15) is 19.7 Å². The third-order valence-corrected chi connectivity index (χ3v) is 2.19. The molecule has 1 rings (SSSR count). The lowest BCUT2D eigenvalue weighted by Gasteiger charge is -2.15. The Balaban J connectivity index is 2.79. The van der Waals surface area contributed by atoms with Gasteiger partial charge in [0.1, 0.15) is 12.8 Å². The van der Waals surface area contributed by atoms with Gasteiger partial charge in [-0.15, -0.1) is 0 Å². The highest BCUT2D eigenvalue weighted by Crippen LogP contribution is 2.22. The fraction of sp³-hybridized carbons (Fsp3) is 0.364. The highest BCUT2D eigenvalue weighted by molar-refractivity contribution is 5.83. The molecule has 0 radical (unpaired) electrons. The van der Waals surface area contributed by atoms with E-state index in [0.29, 0.717) is 0 Å². The lowest BCUT2D eigenvalue weighted by atomic mass is 10.3. The number of hydrogen-bond acceptors (Lipinski definition) is 7. The molecule has 1 unspecified atom stereocenters. The maximum absolute atomic E-state index is 11.4. The zero-order valence-corrected chi connectivity index (χ0v) is 10.9. The standard InChI is InChI=1S/C11H13N3O6/c1-7(15)13-8(11(16)19-2)6-20-9-4-3-5-12-10(9)14(17)18/h3-5,8H,6H2,1-2H3,(H,13,15). The van der Waals surface area contributed by atoms with Gasteiger partial charge >= 0.3 is 11.8 Å². The summed E-state index contributed by atoms with van der Waals surface area (Å²) < 4.78 is 9.66. The first-order valence-electron chi connectivity index (χ1n) is 5.52. The van der Waals surface area contributed by atoms with Crippen molar-refractivity contribution in [2.45, 2.75) is 13.0 Å². The molecule has 9 nitrogen and oxygen atoms in total. The van der Waals surface area contributed by atoms with Crippen LogP contribution in [0.2, 0.25) is 0 Å². The number of pyridine rings is 1. The van der Waals surface area contributed by atoms with Crippen LogP contribution in [0.15, 0.2) is 18.3 Å². The lowest BCUT2D eigenvalue weighted by Crippen LogP contribution is -2.44. The number of methoxy groups -OCH3 is 1. The van der Waals surface area contributed by atoms with E-state index < -0.39 is 28.7 Å². The largest absolute Gasteiger partial charge is 0.483 e. The molecule has 20 heavy (non-hydrogen) atoms. The Hall–Kier alpha value is -2.71. The normalized spacial score (nSPS) is 11.3. The SMILES string of the molecule is COC(=O)C(COc1cccnc1[N+](=O)[O-])NC(C)=O. The number of nitrogens with one attached hydrogen (secondary N) is 1. The van der Waals surface area contributed by atoms with Gasteiger partial charge in [0.15, 0.2) is 6.04 Å². The van der Waals surface area contributed by atoms with Gasteiger partial charge in [0.05, 0.1) is 7.11 Å². The molecule has 1 aromatic heterocycles. The van der Waals surface area contributed by atoms with Gasteiger partial charge < -0.3 is 24.9 Å². The Morgan fingerprint density at radius 1 is 1.55 bits per heavy atom. The van der Waals surface area contributed by atoms with E-state index in [1.165, 1.54) is 25.3 Å². The van der Waals surface area contributed by atoms with Crippen LogP contribution in [0.3, 0.4) is 0 Å². The summed E-state index contributed by atoms with van der Waals surface area (Å²) in [4.78, 5) is 36.0. The molecule has 0 aliphatic heterocycles. The van der Waals surface area contributed by atoms with Gasteiger partial charge in [-0.1, -0.05) is 0 Å². The van der Waals surface area contributed by atoms with E-state index in [2.05, 4.69) is 15.0 Å². The van der Waals surface area contributed by atoms with Crippen molar-refractivity contribution < 1.29 is 24.0 Å². The topological polar surface area (TPSA) is 121 Å². The number of nitrogens with zero attached hydrogens (tertiary/aromatic N) is 2. The first kappa shape index (κ1) is 15.3. The summed E-state index contributed by atoms with van der Waals surface area (Å²) in [6.07, 6.45) is 1.25. The quantitative estimate of drug-likeness (QED) is 0.444. The van der Waals surface area contributed by atoms with Crippen LogP contribution in [0, 0.1) is 10.1 Å². The van der Waals surface area contributed by atoms with Gasteiger partial charge in [-0.25, -0.2) is 4.79 Å². The third kappa shape index (κ3) is 4.19. The molecule has 9 heteroatoms. The molecule has 0 aromatic carbocycles. The number of amides is 1. The Morgan fingerprint density at radius 2 is 2.25 bits per heavy atom. The molecule has 0 fully saturated rings. The lowest BCUT2D eigenvalue weighted by molar-refractivity contribution is -0.390. The molecule has 1 aromatic rings. The van der Waals surface area contributed by atoms with Crippen LogP contribution >= 0.6 is 0 Å². The van der Waals surface area contributed by atoms with Crippen LogP contribution in [0.5, 0.6) is 5.75 Å². The van der Waals surface area contributed by atoms with Crippen molar-refractivity contribution in [1.82, 2.24) is 10.3 Å². The van der Waals surface area contributed by atoms with E-state index in [0.717, 1.165) is 7.11 Å². The summed E-state index contributed by atoms with van der Waals surface area (Å²) in [6, 6.07) is 1.73. The minimum atomic E-state index is -1.06. The van der Waals surface area contributed by atoms with E-state index in [-0.39, 0.29) is 12.4 Å².